The fourth-order valence-electron chi connectivity index (χ4n) is 3.52. The summed E-state index contributed by atoms with van der Waals surface area (Å²) < 4.78 is 11.1. The molecule has 0 aliphatic heterocycles. The summed E-state index contributed by atoms with van der Waals surface area (Å²) in [6.45, 7) is 7.56. The predicted molar refractivity (Wildman–Crippen MR) is 117 cm³/mol. The Morgan fingerprint density at radius 1 is 1.21 bits per heavy atom. The minimum atomic E-state index is -0.732. The van der Waals surface area contributed by atoms with Crippen LogP contribution < -0.4 is 10.1 Å². The van der Waals surface area contributed by atoms with Crippen molar-refractivity contribution in [2.75, 3.05) is 11.9 Å². The summed E-state index contributed by atoms with van der Waals surface area (Å²) in [4.78, 5) is 26.5. The van der Waals surface area contributed by atoms with Crippen molar-refractivity contribution in [3.05, 3.63) is 44.3 Å². The van der Waals surface area contributed by atoms with Gasteiger partial charge in [-0.15, -0.1) is 11.3 Å². The topological polar surface area (TPSA) is 64.6 Å². The first kappa shape index (κ1) is 21.7. The van der Waals surface area contributed by atoms with Crippen LogP contribution >= 0.6 is 22.9 Å². The molecule has 1 atom stereocenters. The minimum absolute atomic E-state index is 0.297. The fraction of sp³-hybridized carbons (Fsp3) is 0.455. The number of esters is 1. The van der Waals surface area contributed by atoms with Crippen molar-refractivity contribution in [1.29, 1.82) is 0 Å². The Kier molecular flexibility index (Phi) is 6.85. The molecule has 29 heavy (non-hydrogen) atoms. The second-order valence-electron chi connectivity index (χ2n) is 7.26. The molecule has 1 aromatic carbocycles. The molecule has 1 heterocycles. The molecule has 0 saturated heterocycles. The van der Waals surface area contributed by atoms with Crippen LogP contribution in [0.15, 0.2) is 12.1 Å². The van der Waals surface area contributed by atoms with Crippen LogP contribution in [0.1, 0.15) is 58.6 Å². The van der Waals surface area contributed by atoms with Crippen molar-refractivity contribution in [2.24, 2.45) is 0 Å². The van der Waals surface area contributed by atoms with E-state index in [1.165, 1.54) is 11.3 Å². The maximum Gasteiger partial charge on any atom is 0.341 e. The average Bonchev–Trinajstić information content (AvgIpc) is 3.04. The number of carbonyl (C=O) groups excluding carboxylic acids is 2. The fourth-order valence-corrected chi connectivity index (χ4v) is 4.91. The second-order valence-corrected chi connectivity index (χ2v) is 8.74. The number of aryl methyl sites for hydroxylation is 3. The number of hydrogen-bond acceptors (Lipinski definition) is 5. The van der Waals surface area contributed by atoms with E-state index in [1.54, 1.807) is 13.8 Å². The Bertz CT molecular complexity index is 914. The maximum absolute atomic E-state index is 12.8. The molecule has 1 amide bonds. The number of benzene rings is 1. The monoisotopic (exact) mass is 435 g/mol. The molecule has 0 radical (unpaired) electrons. The van der Waals surface area contributed by atoms with E-state index in [9.17, 15) is 9.59 Å². The first-order chi connectivity index (χ1) is 13.8. The number of thiophene rings is 1. The van der Waals surface area contributed by atoms with E-state index >= 15 is 0 Å². The van der Waals surface area contributed by atoms with Gasteiger partial charge in [-0.25, -0.2) is 4.79 Å². The van der Waals surface area contributed by atoms with E-state index in [2.05, 4.69) is 5.32 Å². The molecule has 7 heteroatoms. The SMILES string of the molecule is CCOC(=O)c1c(NC(=O)C(C)Oc2cc(C)c(Cl)c(C)c2)sc2c1CCCC2. The summed E-state index contributed by atoms with van der Waals surface area (Å²) in [7, 11) is 0. The molecule has 1 unspecified atom stereocenters. The normalized spacial score (nSPS) is 14.1. The molecule has 0 fully saturated rings. The molecule has 3 rings (SSSR count). The van der Waals surface area contributed by atoms with E-state index in [0.29, 0.717) is 27.9 Å². The van der Waals surface area contributed by atoms with E-state index in [4.69, 9.17) is 21.1 Å². The maximum atomic E-state index is 12.8. The summed E-state index contributed by atoms with van der Waals surface area (Å²) in [5.41, 5.74) is 3.31. The molecular weight excluding hydrogens is 410 g/mol. The third-order valence-electron chi connectivity index (χ3n) is 4.98. The Balaban J connectivity index is 1.79. The summed E-state index contributed by atoms with van der Waals surface area (Å²) >= 11 is 7.67. The van der Waals surface area contributed by atoms with Crippen LogP contribution in [-0.2, 0) is 22.4 Å². The number of fused-ring (bicyclic) bond motifs is 1. The third-order valence-corrected chi connectivity index (χ3v) is 6.78. The Morgan fingerprint density at radius 3 is 2.52 bits per heavy atom. The molecule has 1 aromatic heterocycles. The quantitative estimate of drug-likeness (QED) is 0.610. The van der Waals surface area contributed by atoms with Crippen molar-refractivity contribution >= 4 is 39.8 Å². The lowest BCUT2D eigenvalue weighted by atomic mass is 9.95. The summed E-state index contributed by atoms with van der Waals surface area (Å²) in [6, 6.07) is 3.63. The number of halogens is 1. The van der Waals surface area contributed by atoms with E-state index < -0.39 is 6.10 Å². The Hall–Kier alpha value is -2.05. The van der Waals surface area contributed by atoms with Crippen molar-refractivity contribution in [2.45, 2.75) is 59.5 Å². The third kappa shape index (κ3) is 4.75. The number of ether oxygens (including phenoxy) is 2. The number of rotatable bonds is 6. The van der Waals surface area contributed by atoms with Gasteiger partial charge in [-0.3, -0.25) is 4.79 Å². The molecule has 1 N–H and O–H groups in total. The van der Waals surface area contributed by atoms with Crippen LogP contribution in [0, 0.1) is 13.8 Å². The highest BCUT2D eigenvalue weighted by molar-refractivity contribution is 7.17. The van der Waals surface area contributed by atoms with Gasteiger partial charge in [-0.05, 0) is 82.2 Å². The van der Waals surface area contributed by atoms with Gasteiger partial charge in [0.05, 0.1) is 12.2 Å². The van der Waals surface area contributed by atoms with Crippen LogP contribution in [0.3, 0.4) is 0 Å². The predicted octanol–water partition coefficient (Wildman–Crippen LogP) is 5.48. The average molecular weight is 436 g/mol. The van der Waals surface area contributed by atoms with E-state index in [0.717, 1.165) is 47.3 Å². The van der Waals surface area contributed by atoms with Gasteiger partial charge in [0.2, 0.25) is 0 Å². The zero-order valence-electron chi connectivity index (χ0n) is 17.2. The van der Waals surface area contributed by atoms with E-state index in [1.807, 2.05) is 26.0 Å². The molecule has 156 valence electrons. The molecule has 2 aromatic rings. The van der Waals surface area contributed by atoms with Crippen LogP contribution in [-0.4, -0.2) is 24.6 Å². The highest BCUT2D eigenvalue weighted by atomic mass is 35.5. The smallest absolute Gasteiger partial charge is 0.341 e. The molecule has 5 nitrogen and oxygen atoms in total. The number of nitrogens with one attached hydrogen (secondary N) is 1. The van der Waals surface area contributed by atoms with Gasteiger partial charge < -0.3 is 14.8 Å². The highest BCUT2D eigenvalue weighted by Crippen LogP contribution is 2.38. The lowest BCUT2D eigenvalue weighted by Crippen LogP contribution is -2.30. The summed E-state index contributed by atoms with van der Waals surface area (Å²) in [5.74, 6) is -0.0951. The Morgan fingerprint density at radius 2 is 1.86 bits per heavy atom. The lowest BCUT2D eigenvalue weighted by molar-refractivity contribution is -0.122. The highest BCUT2D eigenvalue weighted by Gasteiger charge is 2.28. The first-order valence-electron chi connectivity index (χ1n) is 9.87. The standard InChI is InChI=1S/C22H26ClNO4S/c1-5-27-22(26)18-16-8-6-7-9-17(16)29-21(18)24-20(25)14(4)28-15-10-12(2)19(23)13(3)11-15/h10-11,14H,5-9H2,1-4H3,(H,24,25). The van der Waals surface area contributed by atoms with Gasteiger partial charge >= 0.3 is 5.97 Å². The number of anilines is 1. The first-order valence-corrected chi connectivity index (χ1v) is 11.1. The van der Waals surface area contributed by atoms with Gasteiger partial charge in [0, 0.05) is 9.90 Å². The van der Waals surface area contributed by atoms with Crippen molar-refractivity contribution < 1.29 is 19.1 Å². The zero-order chi connectivity index (χ0) is 21.1. The molecule has 1 aliphatic carbocycles. The molecule has 0 bridgehead atoms. The molecule has 0 saturated carbocycles. The van der Waals surface area contributed by atoms with Gasteiger partial charge in [-0.2, -0.15) is 0 Å². The van der Waals surface area contributed by atoms with Crippen LogP contribution in [0.5, 0.6) is 5.75 Å². The second kappa shape index (κ2) is 9.18. The number of hydrogen-bond donors (Lipinski definition) is 1. The molecule has 0 spiro atoms. The number of carbonyl (C=O) groups is 2. The minimum Gasteiger partial charge on any atom is -0.481 e. The van der Waals surface area contributed by atoms with Crippen LogP contribution in [0.25, 0.3) is 0 Å². The molecule has 1 aliphatic rings. The number of amides is 1. The lowest BCUT2D eigenvalue weighted by Gasteiger charge is -2.16. The van der Waals surface area contributed by atoms with Crippen LogP contribution in [0.4, 0.5) is 5.00 Å². The summed E-state index contributed by atoms with van der Waals surface area (Å²) in [5, 5.41) is 4.14. The van der Waals surface area contributed by atoms with E-state index in [-0.39, 0.29) is 11.9 Å². The van der Waals surface area contributed by atoms with Gasteiger partial charge in [-0.1, -0.05) is 11.6 Å². The summed E-state index contributed by atoms with van der Waals surface area (Å²) in [6.07, 6.45) is 3.17. The van der Waals surface area contributed by atoms with Crippen molar-refractivity contribution in [3.8, 4) is 5.75 Å². The molecular formula is C22H26ClNO4S. The van der Waals surface area contributed by atoms with Gasteiger partial charge in [0.25, 0.3) is 5.91 Å². The zero-order valence-corrected chi connectivity index (χ0v) is 18.8. The van der Waals surface area contributed by atoms with Gasteiger partial charge in [0.1, 0.15) is 10.8 Å². The van der Waals surface area contributed by atoms with Crippen molar-refractivity contribution in [3.63, 3.8) is 0 Å². The van der Waals surface area contributed by atoms with Crippen LogP contribution in [0.2, 0.25) is 5.02 Å². The Labute approximate surface area is 180 Å². The van der Waals surface area contributed by atoms with Gasteiger partial charge in [0.15, 0.2) is 6.10 Å². The largest absolute Gasteiger partial charge is 0.481 e. The van der Waals surface area contributed by atoms with Crippen molar-refractivity contribution in [1.82, 2.24) is 0 Å².